The Bertz CT molecular complexity index is 824. The van der Waals surface area contributed by atoms with Gasteiger partial charge < -0.3 is 14.2 Å². The molecule has 1 atom stereocenters. The third-order valence-corrected chi connectivity index (χ3v) is 10.7. The van der Waals surface area contributed by atoms with E-state index in [0.717, 1.165) is 69.6 Å². The molecule has 6 heteroatoms. The van der Waals surface area contributed by atoms with Crippen molar-refractivity contribution in [2.45, 2.75) is 265 Å². The summed E-state index contributed by atoms with van der Waals surface area (Å²) < 4.78 is 16.7. The zero-order valence-corrected chi connectivity index (χ0v) is 36.8. The maximum atomic E-state index is 12.7. The lowest BCUT2D eigenvalue weighted by Crippen LogP contribution is -2.30. The highest BCUT2D eigenvalue weighted by Crippen LogP contribution is 2.17. The van der Waals surface area contributed by atoms with Crippen LogP contribution < -0.4 is 0 Å². The maximum absolute atomic E-state index is 12.7. The summed E-state index contributed by atoms with van der Waals surface area (Å²) in [4.78, 5) is 37.8. The lowest BCUT2D eigenvalue weighted by Gasteiger charge is -2.18. The molecule has 0 fully saturated rings. The summed E-state index contributed by atoms with van der Waals surface area (Å²) in [6, 6.07) is 0. The van der Waals surface area contributed by atoms with E-state index in [1.54, 1.807) is 0 Å². The first-order valence-electron chi connectivity index (χ1n) is 23.7. The predicted octanol–water partition coefficient (Wildman–Crippen LogP) is 15.0. The fraction of sp³-hybridized carbons (Fsp3) is 0.938. The van der Waals surface area contributed by atoms with Gasteiger partial charge in [0.2, 0.25) is 0 Å². The molecule has 0 N–H and O–H groups in total. The Kier molecular flexibility index (Phi) is 39.8. The summed E-state index contributed by atoms with van der Waals surface area (Å²) >= 11 is 0. The SMILES string of the molecule is CCCCCCCCCCCCCCCC(=O)OC[C@@H](COC(=O)CCCCCCCCCCC(C)C)OC(=O)CCCCCCCCCCCC(C)C. The molecule has 320 valence electrons. The molecule has 0 rings (SSSR count). The second kappa shape index (κ2) is 41.1. The summed E-state index contributed by atoms with van der Waals surface area (Å²) in [5.74, 6) is 0.745. The van der Waals surface area contributed by atoms with Gasteiger partial charge in [0.25, 0.3) is 0 Å². The molecule has 0 aliphatic rings. The molecule has 0 bridgehead atoms. The van der Waals surface area contributed by atoms with Gasteiger partial charge in [-0.2, -0.15) is 0 Å². The number of hydrogen-bond donors (Lipinski definition) is 0. The van der Waals surface area contributed by atoms with Crippen molar-refractivity contribution in [1.82, 2.24) is 0 Å². The Balaban J connectivity index is 4.33. The minimum absolute atomic E-state index is 0.0648. The molecule has 0 aliphatic carbocycles. The molecule has 0 amide bonds. The van der Waals surface area contributed by atoms with Gasteiger partial charge in [-0.25, -0.2) is 0 Å². The highest BCUT2D eigenvalue weighted by Gasteiger charge is 2.19. The van der Waals surface area contributed by atoms with Gasteiger partial charge in [0.05, 0.1) is 0 Å². The van der Waals surface area contributed by atoms with E-state index in [-0.39, 0.29) is 31.1 Å². The highest BCUT2D eigenvalue weighted by molar-refractivity contribution is 5.71. The van der Waals surface area contributed by atoms with Gasteiger partial charge in [-0.3, -0.25) is 14.4 Å². The first-order valence-corrected chi connectivity index (χ1v) is 23.7. The standard InChI is InChI=1S/C48H92O6/c1-6-7-8-9-10-11-12-13-14-17-23-28-33-38-46(49)52-41-45(42-53-47(50)39-34-29-24-20-19-22-27-32-37-44(4)5)54-48(51)40-35-30-25-18-15-16-21-26-31-36-43(2)3/h43-45H,6-42H2,1-5H3/t45-/m0/s1. The maximum Gasteiger partial charge on any atom is 0.306 e. The van der Waals surface area contributed by atoms with E-state index in [9.17, 15) is 14.4 Å². The Morgan fingerprint density at radius 3 is 0.907 bits per heavy atom. The molecule has 6 nitrogen and oxygen atoms in total. The molecule has 0 heterocycles. The average molecular weight is 765 g/mol. The van der Waals surface area contributed by atoms with Crippen LogP contribution in [-0.4, -0.2) is 37.2 Å². The Labute approximate surface area is 336 Å². The van der Waals surface area contributed by atoms with Crippen molar-refractivity contribution >= 4 is 17.9 Å². The van der Waals surface area contributed by atoms with Crippen molar-refractivity contribution in [1.29, 1.82) is 0 Å². The number of carbonyl (C=O) groups is 3. The fourth-order valence-corrected chi connectivity index (χ4v) is 7.11. The van der Waals surface area contributed by atoms with Crippen LogP contribution in [0, 0.1) is 11.8 Å². The topological polar surface area (TPSA) is 78.9 Å². The Morgan fingerprint density at radius 1 is 0.352 bits per heavy atom. The monoisotopic (exact) mass is 765 g/mol. The summed E-state index contributed by atoms with van der Waals surface area (Å²) in [5.41, 5.74) is 0. The first kappa shape index (κ1) is 52.4. The number of carbonyl (C=O) groups excluding carboxylic acids is 3. The summed E-state index contributed by atoms with van der Waals surface area (Å²) in [5, 5.41) is 0. The van der Waals surface area contributed by atoms with Crippen LogP contribution in [0.1, 0.15) is 259 Å². The van der Waals surface area contributed by atoms with Gasteiger partial charge in [0.1, 0.15) is 13.2 Å². The van der Waals surface area contributed by atoms with Crippen molar-refractivity contribution in [2.24, 2.45) is 11.8 Å². The van der Waals surface area contributed by atoms with Gasteiger partial charge in [0, 0.05) is 19.3 Å². The molecule has 0 aromatic heterocycles. The van der Waals surface area contributed by atoms with E-state index < -0.39 is 6.10 Å². The van der Waals surface area contributed by atoms with Gasteiger partial charge in [0.15, 0.2) is 6.10 Å². The van der Waals surface area contributed by atoms with E-state index >= 15 is 0 Å². The van der Waals surface area contributed by atoms with Crippen LogP contribution in [0.2, 0.25) is 0 Å². The van der Waals surface area contributed by atoms with E-state index in [0.29, 0.717) is 19.3 Å². The first-order chi connectivity index (χ1) is 26.2. The number of esters is 3. The zero-order chi connectivity index (χ0) is 39.7. The van der Waals surface area contributed by atoms with Crippen LogP contribution in [0.5, 0.6) is 0 Å². The second-order valence-corrected chi connectivity index (χ2v) is 17.3. The van der Waals surface area contributed by atoms with Crippen molar-refractivity contribution in [3.63, 3.8) is 0 Å². The third-order valence-electron chi connectivity index (χ3n) is 10.7. The lowest BCUT2D eigenvalue weighted by molar-refractivity contribution is -0.167. The molecular formula is C48H92O6. The Morgan fingerprint density at radius 2 is 0.611 bits per heavy atom. The van der Waals surface area contributed by atoms with Crippen molar-refractivity contribution in [3.05, 3.63) is 0 Å². The molecule has 0 radical (unpaired) electrons. The third kappa shape index (κ3) is 41.6. The summed E-state index contributed by atoms with van der Waals surface area (Å²) in [6.45, 7) is 11.3. The molecule has 54 heavy (non-hydrogen) atoms. The van der Waals surface area contributed by atoms with E-state index in [4.69, 9.17) is 14.2 Å². The number of ether oxygens (including phenoxy) is 3. The van der Waals surface area contributed by atoms with Crippen LogP contribution in [0.4, 0.5) is 0 Å². The van der Waals surface area contributed by atoms with Crippen LogP contribution >= 0.6 is 0 Å². The molecule has 0 saturated heterocycles. The minimum atomic E-state index is -0.761. The minimum Gasteiger partial charge on any atom is -0.462 e. The summed E-state index contributed by atoms with van der Waals surface area (Å²) in [7, 11) is 0. The molecule has 0 spiro atoms. The predicted molar refractivity (Wildman–Crippen MR) is 229 cm³/mol. The summed E-state index contributed by atoms with van der Waals surface area (Å²) in [6.07, 6.45) is 39.5. The van der Waals surface area contributed by atoms with Crippen molar-refractivity contribution in [3.8, 4) is 0 Å². The molecule has 0 aromatic carbocycles. The number of unbranched alkanes of at least 4 members (excludes halogenated alkanes) is 27. The zero-order valence-electron chi connectivity index (χ0n) is 36.8. The van der Waals surface area contributed by atoms with E-state index in [1.165, 1.54) is 148 Å². The largest absolute Gasteiger partial charge is 0.462 e. The quantitative estimate of drug-likeness (QED) is 0.0350. The molecule has 0 aromatic rings. The van der Waals surface area contributed by atoms with Crippen molar-refractivity contribution in [2.75, 3.05) is 13.2 Å². The van der Waals surface area contributed by atoms with Gasteiger partial charge in [-0.05, 0) is 31.1 Å². The van der Waals surface area contributed by atoms with E-state index in [2.05, 4.69) is 34.6 Å². The molecular weight excluding hydrogens is 673 g/mol. The van der Waals surface area contributed by atoms with Crippen LogP contribution in [0.3, 0.4) is 0 Å². The van der Waals surface area contributed by atoms with Crippen LogP contribution in [0.15, 0.2) is 0 Å². The molecule has 0 aliphatic heterocycles. The van der Waals surface area contributed by atoms with Crippen LogP contribution in [-0.2, 0) is 28.6 Å². The fourth-order valence-electron chi connectivity index (χ4n) is 7.11. The van der Waals surface area contributed by atoms with E-state index in [1.807, 2.05) is 0 Å². The highest BCUT2D eigenvalue weighted by atomic mass is 16.6. The molecule has 0 saturated carbocycles. The van der Waals surface area contributed by atoms with Crippen molar-refractivity contribution < 1.29 is 28.6 Å². The van der Waals surface area contributed by atoms with Crippen LogP contribution in [0.25, 0.3) is 0 Å². The normalized spacial score (nSPS) is 12.1. The van der Waals surface area contributed by atoms with Gasteiger partial charge in [-0.15, -0.1) is 0 Å². The average Bonchev–Trinajstić information content (AvgIpc) is 3.14. The number of hydrogen-bond acceptors (Lipinski definition) is 6. The Hall–Kier alpha value is -1.59. The lowest BCUT2D eigenvalue weighted by atomic mass is 10.0. The van der Waals surface area contributed by atoms with Gasteiger partial charge >= 0.3 is 17.9 Å². The smallest absolute Gasteiger partial charge is 0.306 e. The number of rotatable bonds is 42. The van der Waals surface area contributed by atoms with Gasteiger partial charge in [-0.1, -0.05) is 221 Å². The second-order valence-electron chi connectivity index (χ2n) is 17.3. The molecule has 0 unspecified atom stereocenters.